The lowest BCUT2D eigenvalue weighted by Gasteiger charge is -2.18. The van der Waals surface area contributed by atoms with Crippen LogP contribution in [-0.4, -0.2) is 29.4 Å². The van der Waals surface area contributed by atoms with Gasteiger partial charge in [-0.15, -0.1) is 0 Å². The number of hydrogen-bond acceptors (Lipinski definition) is 3. The predicted octanol–water partition coefficient (Wildman–Crippen LogP) is 2.63. The van der Waals surface area contributed by atoms with Crippen LogP contribution in [0.25, 0.3) is 0 Å². The Labute approximate surface area is 150 Å². The number of rotatable bonds is 7. The molecule has 0 saturated carbocycles. The molecule has 1 aromatic rings. The van der Waals surface area contributed by atoms with E-state index in [2.05, 4.69) is 26.6 Å². The molecule has 1 atom stereocenters. The maximum Gasteiger partial charge on any atom is 0.330 e. The van der Waals surface area contributed by atoms with Crippen molar-refractivity contribution in [2.45, 2.75) is 39.7 Å². The Morgan fingerprint density at radius 1 is 1.17 bits per heavy atom. The van der Waals surface area contributed by atoms with Gasteiger partial charge < -0.3 is 15.7 Å². The van der Waals surface area contributed by atoms with Crippen molar-refractivity contribution < 1.29 is 19.5 Å². The summed E-state index contributed by atoms with van der Waals surface area (Å²) >= 11 is 3.28. The van der Waals surface area contributed by atoms with E-state index >= 15 is 0 Å². The van der Waals surface area contributed by atoms with Crippen molar-refractivity contribution in [3.63, 3.8) is 0 Å². The molecule has 0 aliphatic rings. The molecule has 0 saturated heterocycles. The van der Waals surface area contributed by atoms with Crippen molar-refractivity contribution in [3.05, 3.63) is 34.3 Å². The Kier molecular flexibility index (Phi) is 7.41. The van der Waals surface area contributed by atoms with Gasteiger partial charge in [0.25, 0.3) is 0 Å². The summed E-state index contributed by atoms with van der Waals surface area (Å²) in [6.45, 7) is 5.81. The van der Waals surface area contributed by atoms with Crippen LogP contribution in [0, 0.1) is 5.41 Å². The molecular formula is C17H23BrN2O4. The zero-order valence-corrected chi connectivity index (χ0v) is 15.6. The van der Waals surface area contributed by atoms with Crippen LogP contribution in [-0.2, 0) is 14.4 Å². The fraction of sp³-hybridized carbons (Fsp3) is 0.471. The minimum absolute atomic E-state index is 0.0822. The van der Waals surface area contributed by atoms with Crippen LogP contribution in [0.3, 0.4) is 0 Å². The van der Waals surface area contributed by atoms with Crippen LogP contribution in [0.4, 0.5) is 0 Å². The highest BCUT2D eigenvalue weighted by molar-refractivity contribution is 9.10. The average molecular weight is 399 g/mol. The highest BCUT2D eigenvalue weighted by Gasteiger charge is 2.22. The number of carbonyl (C=O) groups excluding carboxylic acids is 2. The van der Waals surface area contributed by atoms with Gasteiger partial charge in [-0.25, -0.2) is 4.79 Å². The normalized spacial score (nSPS) is 12.3. The molecular weight excluding hydrogens is 376 g/mol. The molecule has 132 valence electrons. The maximum absolute atomic E-state index is 11.9. The Morgan fingerprint density at radius 2 is 1.75 bits per heavy atom. The number of aliphatic carboxylic acids is 1. The topological polar surface area (TPSA) is 95.5 Å². The lowest BCUT2D eigenvalue weighted by molar-refractivity contribution is -0.142. The quantitative estimate of drug-likeness (QED) is 0.615. The van der Waals surface area contributed by atoms with Gasteiger partial charge in [-0.2, -0.15) is 0 Å². The third-order valence-electron chi connectivity index (χ3n) is 3.30. The largest absolute Gasteiger partial charge is 0.479 e. The Hall–Kier alpha value is -1.89. The average Bonchev–Trinajstić information content (AvgIpc) is 2.48. The van der Waals surface area contributed by atoms with Gasteiger partial charge in [-0.3, -0.25) is 9.59 Å². The second kappa shape index (κ2) is 8.82. The van der Waals surface area contributed by atoms with Crippen molar-refractivity contribution in [1.29, 1.82) is 0 Å². The Bertz CT molecular complexity index is 594. The number of nitrogens with one attached hydrogen (secondary N) is 2. The summed E-state index contributed by atoms with van der Waals surface area (Å²) in [5.41, 5.74) is 0.0261. The van der Waals surface area contributed by atoms with Gasteiger partial charge in [-0.1, -0.05) is 48.8 Å². The monoisotopic (exact) mass is 398 g/mol. The second-order valence-corrected chi connectivity index (χ2v) is 7.42. The molecule has 0 aliphatic heterocycles. The highest BCUT2D eigenvalue weighted by Crippen LogP contribution is 2.17. The molecule has 0 heterocycles. The molecule has 2 amide bonds. The van der Waals surface area contributed by atoms with Crippen LogP contribution >= 0.6 is 15.9 Å². The first-order valence-electron chi connectivity index (χ1n) is 7.67. The second-order valence-electron chi connectivity index (χ2n) is 6.50. The van der Waals surface area contributed by atoms with Crippen molar-refractivity contribution in [2.75, 3.05) is 6.54 Å². The van der Waals surface area contributed by atoms with E-state index in [1.54, 1.807) is 24.3 Å². The van der Waals surface area contributed by atoms with Gasteiger partial charge >= 0.3 is 5.97 Å². The van der Waals surface area contributed by atoms with Gasteiger partial charge in [-0.05, 0) is 24.1 Å². The van der Waals surface area contributed by atoms with E-state index in [4.69, 9.17) is 0 Å². The van der Waals surface area contributed by atoms with E-state index in [1.807, 2.05) is 20.8 Å². The van der Waals surface area contributed by atoms with E-state index < -0.39 is 17.4 Å². The van der Waals surface area contributed by atoms with Crippen molar-refractivity contribution in [2.24, 2.45) is 5.41 Å². The minimum Gasteiger partial charge on any atom is -0.479 e. The fourth-order valence-electron chi connectivity index (χ4n) is 1.89. The molecule has 0 fully saturated rings. The van der Waals surface area contributed by atoms with Gasteiger partial charge in [0.2, 0.25) is 11.8 Å². The number of benzene rings is 1. The first-order chi connectivity index (χ1) is 11.1. The van der Waals surface area contributed by atoms with Crippen LogP contribution in [0.5, 0.6) is 0 Å². The Morgan fingerprint density at radius 3 is 2.25 bits per heavy atom. The van der Waals surface area contributed by atoms with Crippen molar-refractivity contribution in [1.82, 2.24) is 10.6 Å². The predicted molar refractivity (Wildman–Crippen MR) is 94.4 cm³/mol. The first kappa shape index (κ1) is 20.2. The molecule has 0 aliphatic carbocycles. The summed E-state index contributed by atoms with van der Waals surface area (Å²) in [6.07, 6.45) is 0.588. The van der Waals surface area contributed by atoms with Gasteiger partial charge in [0.05, 0.1) is 0 Å². The molecule has 24 heavy (non-hydrogen) atoms. The number of carboxylic acid groups (broad SMARTS) is 1. The summed E-state index contributed by atoms with van der Waals surface area (Å²) < 4.78 is 0.830. The molecule has 0 radical (unpaired) electrons. The number of hydrogen-bond donors (Lipinski definition) is 3. The number of amides is 2. The lowest BCUT2D eigenvalue weighted by Crippen LogP contribution is -2.36. The molecule has 3 N–H and O–H groups in total. The van der Waals surface area contributed by atoms with E-state index in [-0.39, 0.29) is 18.2 Å². The standard InChI is InChI=1S/C17H23BrN2O4/c1-17(2,3)16(24)19-10-4-5-13(21)20-14(15(22)23)11-6-8-12(18)9-7-11/h6-9,14H,4-5,10H2,1-3H3,(H,19,24)(H,20,21)(H,22,23). The van der Waals surface area contributed by atoms with Gasteiger partial charge in [0, 0.05) is 22.9 Å². The fourth-order valence-corrected chi connectivity index (χ4v) is 2.16. The van der Waals surface area contributed by atoms with Gasteiger partial charge in [0.1, 0.15) is 0 Å². The maximum atomic E-state index is 11.9. The zero-order chi connectivity index (χ0) is 18.3. The molecule has 0 aromatic heterocycles. The van der Waals surface area contributed by atoms with Crippen LogP contribution in [0.2, 0.25) is 0 Å². The zero-order valence-electron chi connectivity index (χ0n) is 14.1. The number of carboxylic acids is 1. The third kappa shape index (κ3) is 6.70. The highest BCUT2D eigenvalue weighted by atomic mass is 79.9. The van der Waals surface area contributed by atoms with Gasteiger partial charge in [0.15, 0.2) is 6.04 Å². The Balaban J connectivity index is 2.48. The molecule has 1 rings (SSSR count). The van der Waals surface area contributed by atoms with Crippen LogP contribution < -0.4 is 10.6 Å². The number of carbonyl (C=O) groups is 3. The van der Waals surface area contributed by atoms with E-state index in [0.717, 1.165) is 4.47 Å². The van der Waals surface area contributed by atoms with Crippen LogP contribution in [0.1, 0.15) is 45.2 Å². The molecule has 1 aromatic carbocycles. The van der Waals surface area contributed by atoms with E-state index in [9.17, 15) is 19.5 Å². The van der Waals surface area contributed by atoms with E-state index in [0.29, 0.717) is 18.5 Å². The molecule has 7 heteroatoms. The van der Waals surface area contributed by atoms with Crippen molar-refractivity contribution in [3.8, 4) is 0 Å². The summed E-state index contributed by atoms with van der Waals surface area (Å²) in [7, 11) is 0. The van der Waals surface area contributed by atoms with Crippen LogP contribution in [0.15, 0.2) is 28.7 Å². The molecule has 0 spiro atoms. The SMILES string of the molecule is CC(C)(C)C(=O)NCCCC(=O)NC(C(=O)O)c1ccc(Br)cc1. The summed E-state index contributed by atoms with van der Waals surface area (Å²) in [5.74, 6) is -1.57. The number of halogens is 1. The van der Waals surface area contributed by atoms with Crippen molar-refractivity contribution >= 4 is 33.7 Å². The first-order valence-corrected chi connectivity index (χ1v) is 8.46. The molecule has 0 bridgehead atoms. The lowest BCUT2D eigenvalue weighted by atomic mass is 9.96. The van der Waals surface area contributed by atoms with E-state index in [1.165, 1.54) is 0 Å². The summed E-state index contributed by atoms with van der Waals surface area (Å²) in [5, 5.41) is 14.6. The summed E-state index contributed by atoms with van der Waals surface area (Å²) in [6, 6.07) is 5.65. The molecule has 1 unspecified atom stereocenters. The molecule has 6 nitrogen and oxygen atoms in total. The third-order valence-corrected chi connectivity index (χ3v) is 3.83. The summed E-state index contributed by atoms with van der Waals surface area (Å²) in [4.78, 5) is 35.0. The smallest absolute Gasteiger partial charge is 0.330 e. The minimum atomic E-state index is -1.12.